The van der Waals surface area contributed by atoms with E-state index in [1.54, 1.807) is 6.20 Å². The lowest BCUT2D eigenvalue weighted by atomic mass is 10.0. The van der Waals surface area contributed by atoms with E-state index in [1.165, 1.54) is 6.92 Å². The molecule has 2 aromatic rings. The van der Waals surface area contributed by atoms with Crippen LogP contribution in [0.4, 0.5) is 0 Å². The number of hydrogen-bond donors (Lipinski definition) is 4. The van der Waals surface area contributed by atoms with Crippen LogP contribution in [0.3, 0.4) is 0 Å². The lowest BCUT2D eigenvalue weighted by molar-refractivity contribution is -0.142. The molecule has 0 aliphatic heterocycles. The molecular weight excluding hydrogens is 334 g/mol. The van der Waals surface area contributed by atoms with Crippen LogP contribution < -0.4 is 10.6 Å². The Morgan fingerprint density at radius 2 is 1.88 bits per heavy atom. The predicted octanol–water partition coefficient (Wildman–Crippen LogP) is 1.97. The second kappa shape index (κ2) is 9.03. The van der Waals surface area contributed by atoms with Crippen molar-refractivity contribution in [3.63, 3.8) is 0 Å². The van der Waals surface area contributed by atoms with Gasteiger partial charge < -0.3 is 20.7 Å². The molecule has 7 heteroatoms. The fourth-order valence-corrected chi connectivity index (χ4v) is 2.91. The number of rotatable bonds is 9. The zero-order chi connectivity index (χ0) is 19.1. The van der Waals surface area contributed by atoms with Gasteiger partial charge in [0.2, 0.25) is 11.8 Å². The minimum atomic E-state index is -1.07. The third-order valence-electron chi connectivity index (χ3n) is 4.25. The molecule has 0 aliphatic carbocycles. The van der Waals surface area contributed by atoms with Crippen molar-refractivity contribution in [1.29, 1.82) is 0 Å². The molecule has 0 saturated carbocycles. The molecule has 7 nitrogen and oxygen atoms in total. The van der Waals surface area contributed by atoms with Gasteiger partial charge >= 0.3 is 5.97 Å². The molecule has 140 valence electrons. The fraction of sp³-hybridized carbons (Fsp3) is 0.421. The average Bonchev–Trinajstić information content (AvgIpc) is 3.00. The van der Waals surface area contributed by atoms with Crippen molar-refractivity contribution < 1.29 is 19.5 Å². The number of unbranched alkanes of at least 4 members (excludes halogenated alkanes) is 1. The highest BCUT2D eigenvalue weighted by molar-refractivity contribution is 5.91. The molecule has 0 aliphatic rings. The topological polar surface area (TPSA) is 111 Å². The van der Waals surface area contributed by atoms with E-state index in [0.717, 1.165) is 22.9 Å². The number of aromatic amines is 1. The third-order valence-corrected chi connectivity index (χ3v) is 4.25. The van der Waals surface area contributed by atoms with E-state index in [-0.39, 0.29) is 12.3 Å². The molecule has 2 rings (SSSR count). The number of hydrogen-bond acceptors (Lipinski definition) is 3. The van der Waals surface area contributed by atoms with Crippen molar-refractivity contribution in [2.75, 3.05) is 0 Å². The standard InChI is InChI=1S/C19H25N3O4/c1-3-4-8-16(19(25)26)22-18(24)17(21-12(2)23)10-13-11-20-15-9-6-5-7-14(13)15/h5-7,9,11,16-17,20H,3-4,8,10H2,1-2H3,(H,21,23)(H,22,24)(H,25,26)/t16-,17-/m0/s1. The first-order chi connectivity index (χ1) is 12.4. The lowest BCUT2D eigenvalue weighted by Crippen LogP contribution is -2.52. The molecular formula is C19H25N3O4. The minimum absolute atomic E-state index is 0.273. The van der Waals surface area contributed by atoms with Crippen molar-refractivity contribution >= 4 is 28.7 Å². The van der Waals surface area contributed by atoms with E-state index in [2.05, 4.69) is 15.6 Å². The number of aliphatic carboxylic acids is 1. The normalized spacial score (nSPS) is 13.2. The van der Waals surface area contributed by atoms with Gasteiger partial charge in [0, 0.05) is 30.4 Å². The Labute approximate surface area is 152 Å². The van der Waals surface area contributed by atoms with Crippen LogP contribution in [0.15, 0.2) is 30.5 Å². The van der Waals surface area contributed by atoms with Gasteiger partial charge in [-0.25, -0.2) is 4.79 Å². The molecule has 1 aromatic heterocycles. The number of aromatic nitrogens is 1. The molecule has 0 fully saturated rings. The highest BCUT2D eigenvalue weighted by Crippen LogP contribution is 2.19. The van der Waals surface area contributed by atoms with Gasteiger partial charge in [-0.1, -0.05) is 38.0 Å². The molecule has 0 saturated heterocycles. The van der Waals surface area contributed by atoms with Crippen LogP contribution in [-0.2, 0) is 20.8 Å². The largest absolute Gasteiger partial charge is 0.480 e. The number of benzene rings is 1. The second-order valence-electron chi connectivity index (χ2n) is 6.36. The molecule has 26 heavy (non-hydrogen) atoms. The highest BCUT2D eigenvalue weighted by atomic mass is 16.4. The van der Waals surface area contributed by atoms with Crippen molar-refractivity contribution in [2.24, 2.45) is 0 Å². The van der Waals surface area contributed by atoms with Gasteiger partial charge in [0.25, 0.3) is 0 Å². The molecule has 1 aromatic carbocycles. The van der Waals surface area contributed by atoms with Crippen LogP contribution in [0.25, 0.3) is 10.9 Å². The van der Waals surface area contributed by atoms with Gasteiger partial charge in [0.1, 0.15) is 12.1 Å². The van der Waals surface area contributed by atoms with Crippen LogP contribution in [0, 0.1) is 0 Å². The zero-order valence-electron chi connectivity index (χ0n) is 15.0. The number of fused-ring (bicyclic) bond motifs is 1. The maximum Gasteiger partial charge on any atom is 0.326 e. The number of nitrogens with one attached hydrogen (secondary N) is 3. The van der Waals surface area contributed by atoms with Gasteiger partial charge in [0.15, 0.2) is 0 Å². The zero-order valence-corrected chi connectivity index (χ0v) is 15.0. The quantitative estimate of drug-likeness (QED) is 0.548. The number of carboxylic acid groups (broad SMARTS) is 1. The second-order valence-corrected chi connectivity index (χ2v) is 6.36. The molecule has 0 spiro atoms. The highest BCUT2D eigenvalue weighted by Gasteiger charge is 2.26. The third kappa shape index (κ3) is 5.08. The summed E-state index contributed by atoms with van der Waals surface area (Å²) in [4.78, 5) is 38.7. The summed E-state index contributed by atoms with van der Waals surface area (Å²) in [6.07, 6.45) is 3.97. The summed E-state index contributed by atoms with van der Waals surface area (Å²) in [7, 11) is 0. The van der Waals surface area contributed by atoms with Gasteiger partial charge in [-0.2, -0.15) is 0 Å². The van der Waals surface area contributed by atoms with E-state index in [9.17, 15) is 19.5 Å². The molecule has 2 atom stereocenters. The maximum absolute atomic E-state index is 12.6. The van der Waals surface area contributed by atoms with E-state index in [0.29, 0.717) is 12.8 Å². The van der Waals surface area contributed by atoms with E-state index in [4.69, 9.17) is 0 Å². The number of para-hydroxylation sites is 1. The van der Waals surface area contributed by atoms with Gasteiger partial charge in [-0.05, 0) is 18.1 Å². The summed E-state index contributed by atoms with van der Waals surface area (Å²) < 4.78 is 0. The van der Waals surface area contributed by atoms with Crippen LogP contribution in [0.1, 0.15) is 38.7 Å². The predicted molar refractivity (Wildman–Crippen MR) is 98.7 cm³/mol. The molecule has 0 unspecified atom stereocenters. The Bertz CT molecular complexity index is 784. The minimum Gasteiger partial charge on any atom is -0.480 e. The summed E-state index contributed by atoms with van der Waals surface area (Å²) >= 11 is 0. The summed E-state index contributed by atoms with van der Waals surface area (Å²) in [6.45, 7) is 3.29. The Morgan fingerprint density at radius 3 is 2.54 bits per heavy atom. The number of H-pyrrole nitrogens is 1. The van der Waals surface area contributed by atoms with E-state index >= 15 is 0 Å². The molecule has 0 bridgehead atoms. The maximum atomic E-state index is 12.6. The van der Waals surface area contributed by atoms with E-state index in [1.807, 2.05) is 31.2 Å². The number of carbonyl (C=O) groups excluding carboxylic acids is 2. The SMILES string of the molecule is CCCC[C@H](NC(=O)[C@H](Cc1c[nH]c2ccccc12)NC(C)=O)C(=O)O. The monoisotopic (exact) mass is 359 g/mol. The number of carbonyl (C=O) groups is 3. The lowest BCUT2D eigenvalue weighted by Gasteiger charge is -2.21. The first-order valence-corrected chi connectivity index (χ1v) is 8.77. The van der Waals surface area contributed by atoms with Crippen molar-refractivity contribution in [1.82, 2.24) is 15.6 Å². The Balaban J connectivity index is 2.16. The van der Waals surface area contributed by atoms with Crippen LogP contribution >= 0.6 is 0 Å². The molecule has 1 heterocycles. The van der Waals surface area contributed by atoms with Crippen molar-refractivity contribution in [2.45, 2.75) is 51.6 Å². The van der Waals surface area contributed by atoms with E-state index < -0.39 is 24.0 Å². The fourth-order valence-electron chi connectivity index (χ4n) is 2.91. The van der Waals surface area contributed by atoms with Gasteiger partial charge in [0.05, 0.1) is 0 Å². The van der Waals surface area contributed by atoms with Crippen molar-refractivity contribution in [3.05, 3.63) is 36.0 Å². The van der Waals surface area contributed by atoms with Crippen LogP contribution in [0.5, 0.6) is 0 Å². The van der Waals surface area contributed by atoms with Crippen LogP contribution in [-0.4, -0.2) is 40.0 Å². The molecule has 0 radical (unpaired) electrons. The Morgan fingerprint density at radius 1 is 1.15 bits per heavy atom. The smallest absolute Gasteiger partial charge is 0.326 e. The van der Waals surface area contributed by atoms with Crippen molar-refractivity contribution in [3.8, 4) is 0 Å². The van der Waals surface area contributed by atoms with Gasteiger partial charge in [-0.3, -0.25) is 9.59 Å². The van der Waals surface area contributed by atoms with Gasteiger partial charge in [-0.15, -0.1) is 0 Å². The van der Waals surface area contributed by atoms with Crippen LogP contribution in [0.2, 0.25) is 0 Å². The Hall–Kier alpha value is -2.83. The summed E-state index contributed by atoms with van der Waals surface area (Å²) in [6, 6.07) is 5.88. The first kappa shape index (κ1) is 19.5. The molecule has 4 N–H and O–H groups in total. The summed E-state index contributed by atoms with van der Waals surface area (Å²) in [5, 5.41) is 15.5. The first-order valence-electron chi connectivity index (χ1n) is 8.77. The molecule has 2 amide bonds. The number of carboxylic acids is 1. The summed E-state index contributed by atoms with van der Waals surface area (Å²) in [5.74, 6) is -1.90. The number of amides is 2. The average molecular weight is 359 g/mol. The summed E-state index contributed by atoms with van der Waals surface area (Å²) in [5.41, 5.74) is 1.82. The Kier molecular flexibility index (Phi) is 6.77.